The van der Waals surface area contributed by atoms with Crippen molar-refractivity contribution in [2.45, 2.75) is 96.9 Å². The zero-order chi connectivity index (χ0) is 27.3. The lowest BCUT2D eigenvalue weighted by Crippen LogP contribution is -2.52. The summed E-state index contributed by atoms with van der Waals surface area (Å²) in [7, 11) is 0. The number of unbranched alkanes of at least 4 members (excludes halogenated alkanes) is 2. The number of nitrogens with two attached hydrogens (primary N) is 1. The standard InChI is InChI=1S/C26H40FN3O6/c1-5-7-8-9-20(36-26(35)23(28)16(3)6-2)15-22(31)30-21(24(32)29-17(4)25(33)34)14-18-10-12-19(27)13-11-18/h10-13,16-17,20-21,23H,5-9,14-15,28H2,1-4H3,(H,29,32)(H,30,31)(H,33,34)/t16-,17-,20+,21-,23+/m0/s1. The summed E-state index contributed by atoms with van der Waals surface area (Å²) in [4.78, 5) is 49.4. The van der Waals surface area contributed by atoms with E-state index in [0.29, 0.717) is 18.4 Å². The van der Waals surface area contributed by atoms with Gasteiger partial charge < -0.3 is 26.2 Å². The number of carboxylic acid groups (broad SMARTS) is 1. The first-order chi connectivity index (χ1) is 17.0. The van der Waals surface area contributed by atoms with Crippen molar-refractivity contribution in [1.82, 2.24) is 10.6 Å². The van der Waals surface area contributed by atoms with Crippen LogP contribution in [0.3, 0.4) is 0 Å². The fraction of sp³-hybridized carbons (Fsp3) is 0.615. The summed E-state index contributed by atoms with van der Waals surface area (Å²) in [5, 5.41) is 14.1. The second-order valence-electron chi connectivity index (χ2n) is 9.19. The molecule has 36 heavy (non-hydrogen) atoms. The molecule has 0 aliphatic rings. The quantitative estimate of drug-likeness (QED) is 0.198. The number of nitrogens with one attached hydrogen (secondary N) is 2. The zero-order valence-corrected chi connectivity index (χ0v) is 21.6. The highest BCUT2D eigenvalue weighted by Gasteiger charge is 2.28. The summed E-state index contributed by atoms with van der Waals surface area (Å²) in [6.45, 7) is 7.10. The molecule has 1 aromatic rings. The third kappa shape index (κ3) is 11.2. The van der Waals surface area contributed by atoms with Gasteiger partial charge in [-0.05, 0) is 43.4 Å². The third-order valence-electron chi connectivity index (χ3n) is 6.09. The van der Waals surface area contributed by atoms with Crippen LogP contribution in [0.15, 0.2) is 24.3 Å². The predicted octanol–water partition coefficient (Wildman–Crippen LogP) is 2.70. The molecule has 202 valence electrons. The highest BCUT2D eigenvalue weighted by atomic mass is 19.1. The van der Waals surface area contributed by atoms with E-state index in [9.17, 15) is 23.6 Å². The van der Waals surface area contributed by atoms with Crippen molar-refractivity contribution in [2.75, 3.05) is 0 Å². The Morgan fingerprint density at radius 3 is 2.25 bits per heavy atom. The molecule has 0 aliphatic heterocycles. The number of esters is 1. The first-order valence-corrected chi connectivity index (χ1v) is 12.5. The number of carboxylic acids is 1. The zero-order valence-electron chi connectivity index (χ0n) is 21.6. The van der Waals surface area contributed by atoms with Gasteiger partial charge in [0.15, 0.2) is 0 Å². The molecule has 2 amide bonds. The Balaban J connectivity index is 2.97. The topological polar surface area (TPSA) is 148 Å². The summed E-state index contributed by atoms with van der Waals surface area (Å²) in [5.41, 5.74) is 6.56. The number of hydrogen-bond acceptors (Lipinski definition) is 6. The molecule has 0 heterocycles. The van der Waals surface area contributed by atoms with Gasteiger partial charge in [-0.15, -0.1) is 0 Å². The molecule has 5 N–H and O–H groups in total. The van der Waals surface area contributed by atoms with Crippen molar-refractivity contribution < 1.29 is 33.4 Å². The molecule has 0 aromatic heterocycles. The minimum absolute atomic E-state index is 0.0172. The fourth-order valence-corrected chi connectivity index (χ4v) is 3.45. The van der Waals surface area contributed by atoms with Crippen LogP contribution in [0.1, 0.15) is 71.8 Å². The van der Waals surface area contributed by atoms with Crippen molar-refractivity contribution in [3.8, 4) is 0 Å². The van der Waals surface area contributed by atoms with Gasteiger partial charge in [-0.25, -0.2) is 4.39 Å². The average Bonchev–Trinajstić information content (AvgIpc) is 2.83. The Labute approximate surface area is 212 Å². The van der Waals surface area contributed by atoms with Crippen molar-refractivity contribution in [3.05, 3.63) is 35.6 Å². The molecule has 0 aliphatic carbocycles. The first-order valence-electron chi connectivity index (χ1n) is 12.5. The van der Waals surface area contributed by atoms with Crippen LogP contribution in [-0.4, -0.2) is 53.1 Å². The van der Waals surface area contributed by atoms with E-state index >= 15 is 0 Å². The summed E-state index contributed by atoms with van der Waals surface area (Å²) in [6, 6.07) is 2.34. The summed E-state index contributed by atoms with van der Waals surface area (Å²) in [6.07, 6.45) is 2.88. The van der Waals surface area contributed by atoms with Crippen LogP contribution in [0.5, 0.6) is 0 Å². The van der Waals surface area contributed by atoms with Crippen LogP contribution in [0.2, 0.25) is 0 Å². The number of halogens is 1. The van der Waals surface area contributed by atoms with Crippen LogP contribution in [0.4, 0.5) is 4.39 Å². The molecule has 9 nitrogen and oxygen atoms in total. The van der Waals surface area contributed by atoms with Crippen LogP contribution >= 0.6 is 0 Å². The molecule has 1 aromatic carbocycles. The monoisotopic (exact) mass is 509 g/mol. The normalized spacial score (nSPS) is 15.2. The van der Waals surface area contributed by atoms with E-state index in [-0.39, 0.29) is 18.8 Å². The van der Waals surface area contributed by atoms with E-state index in [1.54, 1.807) is 0 Å². The molecule has 0 unspecified atom stereocenters. The SMILES string of the molecule is CCCCC[C@H](CC(=O)N[C@@H](Cc1ccc(F)cc1)C(=O)N[C@@H](C)C(=O)O)OC(=O)[C@H](N)[C@@H](C)CC. The number of carbonyl (C=O) groups excluding carboxylic acids is 3. The van der Waals surface area contributed by atoms with Gasteiger partial charge in [-0.1, -0.05) is 52.2 Å². The minimum atomic E-state index is -1.23. The molecule has 0 fully saturated rings. The number of rotatable bonds is 16. The van der Waals surface area contributed by atoms with Gasteiger partial charge in [0.2, 0.25) is 11.8 Å². The molecule has 0 saturated heterocycles. The van der Waals surface area contributed by atoms with E-state index in [1.807, 2.05) is 20.8 Å². The number of amides is 2. The van der Waals surface area contributed by atoms with Gasteiger partial charge >= 0.3 is 11.9 Å². The maximum atomic E-state index is 13.3. The minimum Gasteiger partial charge on any atom is -0.480 e. The Morgan fingerprint density at radius 2 is 1.69 bits per heavy atom. The van der Waals surface area contributed by atoms with Gasteiger partial charge in [0.1, 0.15) is 30.0 Å². The maximum Gasteiger partial charge on any atom is 0.325 e. The Hall–Kier alpha value is -3.01. The van der Waals surface area contributed by atoms with Gasteiger partial charge in [-0.3, -0.25) is 19.2 Å². The van der Waals surface area contributed by atoms with E-state index in [1.165, 1.54) is 31.2 Å². The Kier molecular flexibility index (Phi) is 13.7. The second-order valence-corrected chi connectivity index (χ2v) is 9.19. The number of aliphatic carboxylic acids is 1. The molecule has 0 spiro atoms. The van der Waals surface area contributed by atoms with Crippen LogP contribution in [0.25, 0.3) is 0 Å². The molecular weight excluding hydrogens is 469 g/mol. The molecule has 5 atom stereocenters. The van der Waals surface area contributed by atoms with Crippen molar-refractivity contribution >= 4 is 23.8 Å². The second kappa shape index (κ2) is 15.9. The Morgan fingerprint density at radius 1 is 1.06 bits per heavy atom. The largest absolute Gasteiger partial charge is 0.480 e. The van der Waals surface area contributed by atoms with Gasteiger partial charge in [0.05, 0.1) is 6.42 Å². The maximum absolute atomic E-state index is 13.3. The molecule has 1 rings (SSSR count). The molecule has 0 radical (unpaired) electrons. The predicted molar refractivity (Wildman–Crippen MR) is 133 cm³/mol. The smallest absolute Gasteiger partial charge is 0.325 e. The van der Waals surface area contributed by atoms with Crippen LogP contribution in [0, 0.1) is 11.7 Å². The number of benzene rings is 1. The molecular formula is C26H40FN3O6. The lowest BCUT2D eigenvalue weighted by Gasteiger charge is -2.24. The van der Waals surface area contributed by atoms with E-state index in [4.69, 9.17) is 15.6 Å². The van der Waals surface area contributed by atoms with E-state index in [2.05, 4.69) is 10.6 Å². The van der Waals surface area contributed by atoms with Crippen molar-refractivity contribution in [2.24, 2.45) is 11.7 Å². The Bertz CT molecular complexity index is 864. The average molecular weight is 510 g/mol. The molecule has 10 heteroatoms. The highest BCUT2D eigenvalue weighted by Crippen LogP contribution is 2.15. The summed E-state index contributed by atoms with van der Waals surface area (Å²) in [5.74, 6) is -3.56. The molecule has 0 bridgehead atoms. The molecule has 0 saturated carbocycles. The lowest BCUT2D eigenvalue weighted by atomic mass is 10.00. The summed E-state index contributed by atoms with van der Waals surface area (Å²) < 4.78 is 18.9. The number of ether oxygens (including phenoxy) is 1. The van der Waals surface area contributed by atoms with Crippen molar-refractivity contribution in [1.29, 1.82) is 0 Å². The lowest BCUT2D eigenvalue weighted by molar-refractivity contribution is -0.153. The van der Waals surface area contributed by atoms with Crippen molar-refractivity contribution in [3.63, 3.8) is 0 Å². The van der Waals surface area contributed by atoms with Crippen LogP contribution < -0.4 is 16.4 Å². The number of carbonyl (C=O) groups is 4. The number of hydrogen-bond donors (Lipinski definition) is 4. The van der Waals surface area contributed by atoms with E-state index < -0.39 is 53.8 Å². The third-order valence-corrected chi connectivity index (χ3v) is 6.09. The van der Waals surface area contributed by atoms with E-state index in [0.717, 1.165) is 19.3 Å². The van der Waals surface area contributed by atoms with Gasteiger partial charge in [-0.2, -0.15) is 0 Å². The van der Waals surface area contributed by atoms with Gasteiger partial charge in [0.25, 0.3) is 0 Å². The fourth-order valence-electron chi connectivity index (χ4n) is 3.45. The highest BCUT2D eigenvalue weighted by molar-refractivity contribution is 5.90. The first kappa shape index (κ1) is 31.0. The summed E-state index contributed by atoms with van der Waals surface area (Å²) >= 11 is 0. The van der Waals surface area contributed by atoms with Gasteiger partial charge in [0, 0.05) is 6.42 Å². The van der Waals surface area contributed by atoms with Crippen LogP contribution in [-0.2, 0) is 30.3 Å².